The molecular weight excluding hydrogens is 316 g/mol. The van der Waals surface area contributed by atoms with Gasteiger partial charge in [-0.15, -0.1) is 6.58 Å². The van der Waals surface area contributed by atoms with Gasteiger partial charge in [-0.1, -0.05) is 50.1 Å². The van der Waals surface area contributed by atoms with Crippen LogP contribution in [0.15, 0.2) is 36.9 Å². The van der Waals surface area contributed by atoms with E-state index in [1.165, 1.54) is 63.4 Å². The fraction of sp³-hybridized carbons (Fsp3) is 0.680. The summed E-state index contributed by atoms with van der Waals surface area (Å²) in [5.74, 6) is 2.64. The topological polar surface area (TPSA) is 9.23 Å². The van der Waals surface area contributed by atoms with Crippen LogP contribution in [0, 0.1) is 11.8 Å². The Morgan fingerprint density at radius 3 is 2.54 bits per heavy atom. The van der Waals surface area contributed by atoms with E-state index in [1.54, 1.807) is 5.56 Å². The number of hydrogen-bond acceptors (Lipinski definition) is 1. The molecule has 4 unspecified atom stereocenters. The molecule has 1 aromatic carbocycles. The van der Waals surface area contributed by atoms with E-state index < -0.39 is 0 Å². The molecule has 0 aliphatic heterocycles. The Morgan fingerprint density at radius 2 is 1.77 bits per heavy atom. The highest BCUT2D eigenvalue weighted by atomic mass is 16.5. The molecule has 144 valence electrons. The van der Waals surface area contributed by atoms with Gasteiger partial charge in [0, 0.05) is 6.61 Å². The predicted molar refractivity (Wildman–Crippen MR) is 112 cm³/mol. The van der Waals surface area contributed by atoms with E-state index in [0.717, 1.165) is 37.2 Å². The van der Waals surface area contributed by atoms with Crippen LogP contribution in [0.3, 0.4) is 0 Å². The predicted octanol–water partition coefficient (Wildman–Crippen LogP) is 7.06. The maximum Gasteiger partial charge on any atom is 0.0578 e. The van der Waals surface area contributed by atoms with Crippen molar-refractivity contribution in [2.45, 2.75) is 89.6 Å². The molecule has 1 heteroatoms. The van der Waals surface area contributed by atoms with Crippen LogP contribution >= 0.6 is 0 Å². The first-order chi connectivity index (χ1) is 12.8. The molecule has 0 bridgehead atoms. The van der Waals surface area contributed by atoms with Crippen LogP contribution in [0.1, 0.15) is 88.2 Å². The zero-order valence-corrected chi connectivity index (χ0v) is 16.8. The number of rotatable bonds is 9. The average molecular weight is 355 g/mol. The molecule has 4 atom stereocenters. The molecule has 0 amide bonds. The maximum absolute atomic E-state index is 6.18. The average Bonchev–Trinajstić information content (AvgIpc) is 2.69. The highest BCUT2D eigenvalue weighted by Crippen LogP contribution is 2.46. The van der Waals surface area contributed by atoms with Gasteiger partial charge in [0.05, 0.1) is 6.10 Å². The fourth-order valence-corrected chi connectivity index (χ4v) is 5.13. The van der Waals surface area contributed by atoms with Crippen molar-refractivity contribution in [3.05, 3.63) is 48.0 Å². The molecule has 1 nitrogen and oxygen atoms in total. The minimum atomic E-state index is 0.550. The Labute approximate surface area is 161 Å². The van der Waals surface area contributed by atoms with Crippen molar-refractivity contribution in [2.24, 2.45) is 11.8 Å². The van der Waals surface area contributed by atoms with Gasteiger partial charge in [-0.25, -0.2) is 0 Å². The normalized spacial score (nSPS) is 28.5. The lowest BCUT2D eigenvalue weighted by atomic mass is 9.65. The molecule has 0 radical (unpaired) electrons. The number of unbranched alkanes of at least 4 members (excludes halogenated alkanes) is 2. The molecule has 0 spiro atoms. The van der Waals surface area contributed by atoms with E-state index in [2.05, 4.69) is 37.8 Å². The Kier molecular flexibility index (Phi) is 7.80. The Bertz CT molecular complexity index is 532. The molecule has 2 saturated carbocycles. The van der Waals surface area contributed by atoms with Crippen LogP contribution in [0.2, 0.25) is 0 Å². The van der Waals surface area contributed by atoms with E-state index in [9.17, 15) is 0 Å². The number of aryl methyl sites for hydroxylation is 1. The maximum atomic E-state index is 6.18. The lowest BCUT2D eigenvalue weighted by Gasteiger charge is -2.42. The molecule has 26 heavy (non-hydrogen) atoms. The minimum absolute atomic E-state index is 0.550. The molecule has 3 rings (SSSR count). The summed E-state index contributed by atoms with van der Waals surface area (Å²) >= 11 is 0. The summed E-state index contributed by atoms with van der Waals surface area (Å²) in [4.78, 5) is 0. The van der Waals surface area contributed by atoms with Gasteiger partial charge in [-0.2, -0.15) is 0 Å². The molecule has 2 aliphatic carbocycles. The van der Waals surface area contributed by atoms with Crippen LogP contribution in [0.25, 0.3) is 0 Å². The molecular formula is C25H38O. The molecule has 0 N–H and O–H groups in total. The van der Waals surface area contributed by atoms with Gasteiger partial charge in [-0.3, -0.25) is 0 Å². The molecule has 2 aliphatic rings. The fourth-order valence-electron chi connectivity index (χ4n) is 5.13. The van der Waals surface area contributed by atoms with Crippen molar-refractivity contribution < 1.29 is 4.74 Å². The van der Waals surface area contributed by atoms with E-state index in [1.807, 2.05) is 6.08 Å². The van der Waals surface area contributed by atoms with Crippen molar-refractivity contribution in [3.63, 3.8) is 0 Å². The zero-order chi connectivity index (χ0) is 18.2. The Morgan fingerprint density at radius 1 is 1.00 bits per heavy atom. The van der Waals surface area contributed by atoms with Crippen LogP contribution < -0.4 is 0 Å². The Hall–Kier alpha value is -1.08. The van der Waals surface area contributed by atoms with Crippen LogP contribution in [-0.4, -0.2) is 12.7 Å². The largest absolute Gasteiger partial charge is 0.378 e. The van der Waals surface area contributed by atoms with Crippen LogP contribution in [0.5, 0.6) is 0 Å². The second-order valence-corrected chi connectivity index (χ2v) is 8.61. The summed E-state index contributed by atoms with van der Waals surface area (Å²) in [5.41, 5.74) is 3.02. The third-order valence-corrected chi connectivity index (χ3v) is 6.75. The van der Waals surface area contributed by atoms with Gasteiger partial charge in [-0.05, 0) is 86.7 Å². The SMILES string of the molecule is C=CCCc1ccc(C2CCC3CC(OCCCCC)CCC3C2)cc1. The lowest BCUT2D eigenvalue weighted by Crippen LogP contribution is -2.33. The second-order valence-electron chi connectivity index (χ2n) is 8.61. The van der Waals surface area contributed by atoms with Crippen molar-refractivity contribution in [1.29, 1.82) is 0 Å². The standard InChI is InChI=1S/C25H38O/c1-3-5-7-17-26-25-16-15-23-18-22(13-14-24(23)19-25)21-11-9-20(10-12-21)8-6-4-2/h4,9-12,22-25H,2-3,5-8,13-19H2,1H3. The van der Waals surface area contributed by atoms with Gasteiger partial charge < -0.3 is 4.74 Å². The Balaban J connectivity index is 1.46. The first-order valence-electron chi connectivity index (χ1n) is 11.1. The smallest absolute Gasteiger partial charge is 0.0578 e. The molecule has 1 aromatic rings. The number of hydrogen-bond donors (Lipinski definition) is 0. The van der Waals surface area contributed by atoms with Crippen molar-refractivity contribution in [2.75, 3.05) is 6.61 Å². The van der Waals surface area contributed by atoms with Crippen molar-refractivity contribution in [1.82, 2.24) is 0 Å². The lowest BCUT2D eigenvalue weighted by molar-refractivity contribution is -0.0162. The van der Waals surface area contributed by atoms with Crippen LogP contribution in [-0.2, 0) is 11.2 Å². The summed E-state index contributed by atoms with van der Waals surface area (Å²) < 4.78 is 6.18. The highest BCUT2D eigenvalue weighted by molar-refractivity contribution is 5.26. The van der Waals surface area contributed by atoms with Gasteiger partial charge in [0.1, 0.15) is 0 Å². The summed E-state index contributed by atoms with van der Waals surface area (Å²) in [6, 6.07) is 9.47. The van der Waals surface area contributed by atoms with E-state index in [4.69, 9.17) is 4.74 Å². The summed E-state index contributed by atoms with van der Waals surface area (Å²) in [6.45, 7) is 7.07. The number of fused-ring (bicyclic) bond motifs is 1. The summed E-state index contributed by atoms with van der Waals surface area (Å²) in [5, 5.41) is 0. The van der Waals surface area contributed by atoms with Gasteiger partial charge >= 0.3 is 0 Å². The van der Waals surface area contributed by atoms with Crippen molar-refractivity contribution >= 4 is 0 Å². The molecule has 2 fully saturated rings. The van der Waals surface area contributed by atoms with E-state index >= 15 is 0 Å². The first kappa shape index (κ1) is 19.7. The third kappa shape index (κ3) is 5.46. The second kappa shape index (κ2) is 10.3. The third-order valence-electron chi connectivity index (χ3n) is 6.75. The number of ether oxygens (including phenoxy) is 1. The molecule has 0 saturated heterocycles. The number of allylic oxidation sites excluding steroid dienone is 1. The summed E-state index contributed by atoms with van der Waals surface area (Å²) in [7, 11) is 0. The van der Waals surface area contributed by atoms with E-state index in [0.29, 0.717) is 6.10 Å². The summed E-state index contributed by atoms with van der Waals surface area (Å²) in [6.07, 6.45) is 16.8. The van der Waals surface area contributed by atoms with Crippen LogP contribution in [0.4, 0.5) is 0 Å². The van der Waals surface area contributed by atoms with E-state index in [-0.39, 0.29) is 0 Å². The van der Waals surface area contributed by atoms with Gasteiger partial charge in [0.15, 0.2) is 0 Å². The van der Waals surface area contributed by atoms with Crippen molar-refractivity contribution in [3.8, 4) is 0 Å². The van der Waals surface area contributed by atoms with Gasteiger partial charge in [0.25, 0.3) is 0 Å². The quantitative estimate of drug-likeness (QED) is 0.340. The molecule has 0 heterocycles. The van der Waals surface area contributed by atoms with Gasteiger partial charge in [0.2, 0.25) is 0 Å². The monoisotopic (exact) mass is 354 g/mol. The zero-order valence-electron chi connectivity index (χ0n) is 16.8. The first-order valence-corrected chi connectivity index (χ1v) is 11.1. The number of benzene rings is 1. The molecule has 0 aromatic heterocycles. The highest BCUT2D eigenvalue weighted by Gasteiger charge is 2.36. The minimum Gasteiger partial charge on any atom is -0.378 e.